The number of esters is 3. The summed E-state index contributed by atoms with van der Waals surface area (Å²) in [4.78, 5) is 38.2. The Morgan fingerprint density at radius 3 is 1.60 bits per heavy atom. The number of hydrogen-bond donors (Lipinski definition) is 0. The Balaban J connectivity index is 1.86. The van der Waals surface area contributed by atoms with Crippen molar-refractivity contribution in [2.24, 2.45) is 0 Å². The Labute approximate surface area is 204 Å². The van der Waals surface area contributed by atoms with Gasteiger partial charge in [0, 0.05) is 0 Å². The van der Waals surface area contributed by atoms with E-state index in [0.717, 1.165) is 0 Å². The van der Waals surface area contributed by atoms with E-state index >= 15 is 0 Å². The summed E-state index contributed by atoms with van der Waals surface area (Å²) in [7, 11) is 0. The molecule has 2 unspecified atom stereocenters. The Morgan fingerprint density at radius 1 is 0.714 bits per heavy atom. The molecule has 0 saturated heterocycles. The van der Waals surface area contributed by atoms with Crippen LogP contribution in [-0.4, -0.2) is 36.7 Å². The number of carbonyl (C=O) groups excluding carboxylic acids is 3. The lowest BCUT2D eigenvalue weighted by Crippen LogP contribution is -2.38. The highest BCUT2D eigenvalue weighted by Gasteiger charge is 2.29. The molecule has 0 aliphatic heterocycles. The summed E-state index contributed by atoms with van der Waals surface area (Å²) in [5.74, 6) is -1.85. The van der Waals surface area contributed by atoms with Crippen molar-refractivity contribution in [3.63, 3.8) is 0 Å². The number of benzene rings is 3. The van der Waals surface area contributed by atoms with Crippen molar-refractivity contribution in [1.29, 1.82) is 0 Å². The minimum absolute atomic E-state index is 0.309. The van der Waals surface area contributed by atoms with Gasteiger partial charge >= 0.3 is 17.9 Å². The number of carbonyl (C=O) groups is 3. The summed E-state index contributed by atoms with van der Waals surface area (Å²) >= 11 is 0. The molecule has 178 valence electrons. The zero-order valence-electron chi connectivity index (χ0n) is 19.3. The second-order valence-corrected chi connectivity index (χ2v) is 7.72. The fourth-order valence-electron chi connectivity index (χ4n) is 3.06. The van der Waals surface area contributed by atoms with Gasteiger partial charge < -0.3 is 14.2 Å². The van der Waals surface area contributed by atoms with E-state index in [2.05, 4.69) is 6.58 Å². The first-order valence-electron chi connectivity index (χ1n) is 11.0. The molecule has 6 nitrogen and oxygen atoms in total. The maximum absolute atomic E-state index is 12.8. The van der Waals surface area contributed by atoms with Gasteiger partial charge in [0.2, 0.25) is 0 Å². The molecule has 0 spiro atoms. The van der Waals surface area contributed by atoms with Crippen LogP contribution in [0.5, 0.6) is 0 Å². The molecule has 0 radical (unpaired) electrons. The molecule has 0 aliphatic rings. The lowest BCUT2D eigenvalue weighted by molar-refractivity contribution is -0.0443. The van der Waals surface area contributed by atoms with Gasteiger partial charge in [-0.15, -0.1) is 0 Å². The van der Waals surface area contributed by atoms with Gasteiger partial charge in [-0.1, -0.05) is 72.8 Å². The summed E-state index contributed by atoms with van der Waals surface area (Å²) in [6.07, 6.45) is 1.04. The molecule has 0 amide bonds. The fourth-order valence-corrected chi connectivity index (χ4v) is 3.06. The van der Waals surface area contributed by atoms with E-state index in [1.165, 1.54) is 0 Å². The molecular weight excluding hydrogens is 444 g/mol. The summed E-state index contributed by atoms with van der Waals surface area (Å²) < 4.78 is 16.8. The predicted octanol–water partition coefficient (Wildman–Crippen LogP) is 5.43. The standard InChI is InChI=1S/C29H26O6/c1-21(2)18-19-25(34-28(31)23-14-8-4-9-15-23)26(35-29(32)24-16-10-5-11-17-24)20-33-27(30)22-12-6-3-7-13-22/h3-19,25-26H,1,20H2,2H3/b19-18-. The van der Waals surface area contributed by atoms with Crippen LogP contribution in [-0.2, 0) is 14.2 Å². The summed E-state index contributed by atoms with van der Waals surface area (Å²) in [5.41, 5.74) is 1.68. The second kappa shape index (κ2) is 12.7. The van der Waals surface area contributed by atoms with Gasteiger partial charge in [-0.2, -0.15) is 0 Å². The molecular formula is C29H26O6. The summed E-state index contributed by atoms with van der Waals surface area (Å²) in [6.45, 7) is 5.26. The van der Waals surface area contributed by atoms with Crippen molar-refractivity contribution in [1.82, 2.24) is 0 Å². The van der Waals surface area contributed by atoms with E-state index in [1.807, 2.05) is 0 Å². The molecule has 0 heterocycles. The van der Waals surface area contributed by atoms with Crippen LogP contribution in [0.2, 0.25) is 0 Å². The average molecular weight is 471 g/mol. The van der Waals surface area contributed by atoms with Gasteiger partial charge in [0.25, 0.3) is 0 Å². The van der Waals surface area contributed by atoms with Crippen molar-refractivity contribution in [3.05, 3.63) is 132 Å². The lowest BCUT2D eigenvalue weighted by atomic mass is 10.1. The highest BCUT2D eigenvalue weighted by molar-refractivity contribution is 5.91. The average Bonchev–Trinajstić information content (AvgIpc) is 2.90. The number of allylic oxidation sites excluding steroid dienone is 2. The highest BCUT2D eigenvalue weighted by atomic mass is 16.6. The lowest BCUT2D eigenvalue weighted by Gasteiger charge is -2.25. The molecule has 3 aromatic carbocycles. The third-order valence-electron chi connectivity index (χ3n) is 4.85. The third kappa shape index (κ3) is 7.82. The molecule has 6 heteroatoms. The van der Waals surface area contributed by atoms with Gasteiger partial charge in [0.1, 0.15) is 6.61 Å². The van der Waals surface area contributed by atoms with Crippen molar-refractivity contribution >= 4 is 17.9 Å². The number of rotatable bonds is 10. The van der Waals surface area contributed by atoms with E-state index < -0.39 is 30.1 Å². The molecule has 35 heavy (non-hydrogen) atoms. The Morgan fingerprint density at radius 2 is 1.14 bits per heavy atom. The molecule has 3 rings (SSSR count). The zero-order valence-corrected chi connectivity index (χ0v) is 19.3. The van der Waals surface area contributed by atoms with Crippen molar-refractivity contribution < 1.29 is 28.6 Å². The first-order valence-corrected chi connectivity index (χ1v) is 11.0. The van der Waals surface area contributed by atoms with Gasteiger partial charge in [0.05, 0.1) is 16.7 Å². The maximum atomic E-state index is 12.8. The highest BCUT2D eigenvalue weighted by Crippen LogP contribution is 2.16. The first-order chi connectivity index (χ1) is 16.9. The molecule has 0 bridgehead atoms. The third-order valence-corrected chi connectivity index (χ3v) is 4.85. The van der Waals surface area contributed by atoms with Crippen LogP contribution >= 0.6 is 0 Å². The summed E-state index contributed by atoms with van der Waals surface area (Å²) in [5, 5.41) is 0. The van der Waals surface area contributed by atoms with Crippen LogP contribution < -0.4 is 0 Å². The van der Waals surface area contributed by atoms with Gasteiger partial charge in [-0.25, -0.2) is 14.4 Å². The second-order valence-electron chi connectivity index (χ2n) is 7.72. The first kappa shape index (κ1) is 25.2. The Hall–Kier alpha value is -4.45. The van der Waals surface area contributed by atoms with Crippen LogP contribution in [0, 0.1) is 0 Å². The topological polar surface area (TPSA) is 78.9 Å². The minimum atomic E-state index is -1.11. The fraction of sp³-hybridized carbons (Fsp3) is 0.138. The molecule has 0 aliphatic carbocycles. The number of ether oxygens (including phenoxy) is 3. The molecule has 0 aromatic heterocycles. The van der Waals surface area contributed by atoms with Gasteiger partial charge in [-0.3, -0.25) is 0 Å². The summed E-state index contributed by atoms with van der Waals surface area (Å²) in [6, 6.07) is 25.2. The van der Waals surface area contributed by atoms with Crippen LogP contribution in [0.4, 0.5) is 0 Å². The van der Waals surface area contributed by atoms with Gasteiger partial charge in [0.15, 0.2) is 12.2 Å². The van der Waals surface area contributed by atoms with E-state index in [-0.39, 0.29) is 6.61 Å². The molecule has 2 atom stereocenters. The van der Waals surface area contributed by atoms with Crippen LogP contribution in [0.1, 0.15) is 38.0 Å². The number of hydrogen-bond acceptors (Lipinski definition) is 6. The van der Waals surface area contributed by atoms with E-state index in [0.29, 0.717) is 22.3 Å². The Kier molecular flexibility index (Phi) is 9.14. The molecule has 0 saturated carbocycles. The van der Waals surface area contributed by atoms with Crippen molar-refractivity contribution in [3.8, 4) is 0 Å². The minimum Gasteiger partial charge on any atom is -0.458 e. The molecule has 0 N–H and O–H groups in total. The predicted molar refractivity (Wildman–Crippen MR) is 132 cm³/mol. The van der Waals surface area contributed by atoms with Crippen molar-refractivity contribution in [2.45, 2.75) is 19.1 Å². The van der Waals surface area contributed by atoms with Gasteiger partial charge in [-0.05, 0) is 49.4 Å². The van der Waals surface area contributed by atoms with E-state index in [9.17, 15) is 14.4 Å². The van der Waals surface area contributed by atoms with Crippen LogP contribution in [0.3, 0.4) is 0 Å². The SMILES string of the molecule is C=C(C)/C=C\C(OC(=O)c1ccccc1)C(COC(=O)c1ccccc1)OC(=O)c1ccccc1. The maximum Gasteiger partial charge on any atom is 0.338 e. The monoisotopic (exact) mass is 470 g/mol. The van der Waals surface area contributed by atoms with Crippen molar-refractivity contribution in [2.75, 3.05) is 6.61 Å². The van der Waals surface area contributed by atoms with Crippen LogP contribution in [0.25, 0.3) is 0 Å². The van der Waals surface area contributed by atoms with E-state index in [4.69, 9.17) is 14.2 Å². The van der Waals surface area contributed by atoms with E-state index in [1.54, 1.807) is 110 Å². The quantitative estimate of drug-likeness (QED) is 0.223. The smallest absolute Gasteiger partial charge is 0.338 e. The van der Waals surface area contributed by atoms with Crippen LogP contribution in [0.15, 0.2) is 115 Å². The zero-order chi connectivity index (χ0) is 25.0. The molecule has 3 aromatic rings. The molecule has 0 fully saturated rings. The largest absolute Gasteiger partial charge is 0.458 e. The Bertz CT molecular complexity index is 1170. The normalized spacial score (nSPS) is 12.4.